The summed E-state index contributed by atoms with van der Waals surface area (Å²) in [6.07, 6.45) is 6.25. The zero-order chi connectivity index (χ0) is 16.9. The third kappa shape index (κ3) is 3.56. The molecule has 3 rings (SSSR count). The Labute approximate surface area is 140 Å². The maximum Gasteiger partial charge on any atom is 0.260 e. The molecule has 0 bridgehead atoms. The minimum Gasteiger partial charge on any atom is -0.337 e. The van der Waals surface area contributed by atoms with Gasteiger partial charge in [0.05, 0.1) is 6.54 Å². The highest BCUT2D eigenvalue weighted by Crippen LogP contribution is 2.10. The molecule has 0 aromatic carbocycles. The van der Waals surface area contributed by atoms with Gasteiger partial charge in [0.25, 0.3) is 11.5 Å². The molecule has 3 heterocycles. The van der Waals surface area contributed by atoms with Crippen LogP contribution in [0.1, 0.15) is 29.5 Å². The van der Waals surface area contributed by atoms with Crippen LogP contribution in [-0.2, 0) is 13.1 Å². The van der Waals surface area contributed by atoms with Gasteiger partial charge in [0.1, 0.15) is 11.4 Å². The van der Waals surface area contributed by atoms with E-state index < -0.39 is 0 Å². The zero-order valence-electron chi connectivity index (χ0n) is 13.9. The van der Waals surface area contributed by atoms with Gasteiger partial charge in [-0.3, -0.25) is 14.5 Å². The molecule has 2 aromatic heterocycles. The Kier molecular flexibility index (Phi) is 5.10. The summed E-state index contributed by atoms with van der Waals surface area (Å²) < 4.78 is 2.14. The minimum atomic E-state index is -0.325. The fraction of sp³-hybridized carbons (Fsp3) is 0.471. The Hall–Kier alpha value is -2.41. The van der Waals surface area contributed by atoms with Crippen molar-refractivity contribution in [2.75, 3.05) is 26.2 Å². The number of nitrogens with zero attached hydrogens (tertiary/aromatic N) is 4. The van der Waals surface area contributed by atoms with Crippen molar-refractivity contribution in [1.29, 1.82) is 0 Å². The Morgan fingerprint density at radius 2 is 2.17 bits per heavy atom. The summed E-state index contributed by atoms with van der Waals surface area (Å²) in [5, 5.41) is 0. The van der Waals surface area contributed by atoms with Crippen LogP contribution in [0.15, 0.2) is 35.5 Å². The first-order valence-electron chi connectivity index (χ1n) is 8.38. The summed E-state index contributed by atoms with van der Waals surface area (Å²) in [5.74, 6) is 0.866. The summed E-state index contributed by atoms with van der Waals surface area (Å²) in [6.45, 7) is 6.80. The number of H-pyrrole nitrogens is 1. The van der Waals surface area contributed by atoms with Gasteiger partial charge in [0.2, 0.25) is 0 Å². The van der Waals surface area contributed by atoms with Crippen molar-refractivity contribution in [3.05, 3.63) is 52.5 Å². The first-order chi connectivity index (χ1) is 11.7. The fourth-order valence-electron chi connectivity index (χ4n) is 3.07. The molecule has 1 aliphatic heterocycles. The van der Waals surface area contributed by atoms with Crippen LogP contribution in [0.25, 0.3) is 0 Å². The van der Waals surface area contributed by atoms with Crippen molar-refractivity contribution in [2.24, 2.45) is 0 Å². The number of carbonyl (C=O) groups is 1. The van der Waals surface area contributed by atoms with Crippen molar-refractivity contribution in [3.63, 3.8) is 0 Å². The Morgan fingerprint density at radius 3 is 2.96 bits per heavy atom. The van der Waals surface area contributed by atoms with Crippen molar-refractivity contribution >= 4 is 5.91 Å². The lowest BCUT2D eigenvalue weighted by atomic mass is 10.2. The molecule has 1 saturated heterocycles. The maximum absolute atomic E-state index is 12.6. The summed E-state index contributed by atoms with van der Waals surface area (Å²) >= 11 is 0. The molecule has 7 nitrogen and oxygen atoms in total. The molecule has 0 saturated carbocycles. The highest BCUT2D eigenvalue weighted by atomic mass is 16.2. The number of aromatic amines is 1. The Balaban J connectivity index is 1.64. The largest absolute Gasteiger partial charge is 0.337 e. The van der Waals surface area contributed by atoms with E-state index in [1.165, 1.54) is 0 Å². The second kappa shape index (κ2) is 7.44. The van der Waals surface area contributed by atoms with Crippen molar-refractivity contribution in [1.82, 2.24) is 24.3 Å². The SMILES string of the molecule is CCn1ccnc1CN1CCCN(C(=O)c2ccc[nH]c2=O)CC1. The van der Waals surface area contributed by atoms with Crippen molar-refractivity contribution in [3.8, 4) is 0 Å². The molecule has 128 valence electrons. The van der Waals surface area contributed by atoms with Gasteiger partial charge >= 0.3 is 0 Å². The number of aromatic nitrogens is 3. The lowest BCUT2D eigenvalue weighted by Gasteiger charge is -2.21. The molecule has 0 radical (unpaired) electrons. The predicted octanol–water partition coefficient (Wildman–Crippen LogP) is 0.939. The number of imidazole rings is 1. The molecule has 1 N–H and O–H groups in total. The minimum absolute atomic E-state index is 0.186. The molecular formula is C17H23N5O2. The second-order valence-corrected chi connectivity index (χ2v) is 5.96. The van der Waals surface area contributed by atoms with E-state index >= 15 is 0 Å². The topological polar surface area (TPSA) is 74.2 Å². The van der Waals surface area contributed by atoms with E-state index in [1.54, 1.807) is 23.2 Å². The number of nitrogens with one attached hydrogen (secondary N) is 1. The number of carbonyl (C=O) groups excluding carboxylic acids is 1. The van der Waals surface area contributed by atoms with Gasteiger partial charge in [0, 0.05) is 51.3 Å². The van der Waals surface area contributed by atoms with E-state index in [4.69, 9.17) is 0 Å². The monoisotopic (exact) mass is 329 g/mol. The summed E-state index contributed by atoms with van der Waals surface area (Å²) in [4.78, 5) is 35.5. The van der Waals surface area contributed by atoms with Gasteiger partial charge in [-0.25, -0.2) is 4.98 Å². The molecule has 0 spiro atoms. The lowest BCUT2D eigenvalue weighted by molar-refractivity contribution is 0.0759. The third-order valence-electron chi connectivity index (χ3n) is 4.43. The summed E-state index contributed by atoms with van der Waals surface area (Å²) in [6, 6.07) is 3.27. The van der Waals surface area contributed by atoms with E-state index in [2.05, 4.69) is 26.4 Å². The number of rotatable bonds is 4. The second-order valence-electron chi connectivity index (χ2n) is 5.96. The highest BCUT2D eigenvalue weighted by molar-refractivity contribution is 5.93. The lowest BCUT2D eigenvalue weighted by Crippen LogP contribution is -2.37. The number of aryl methyl sites for hydroxylation is 1. The molecule has 7 heteroatoms. The molecular weight excluding hydrogens is 306 g/mol. The molecule has 1 fully saturated rings. The average molecular weight is 329 g/mol. The van der Waals surface area contributed by atoms with Crippen LogP contribution in [0.2, 0.25) is 0 Å². The number of hydrogen-bond acceptors (Lipinski definition) is 4. The van der Waals surface area contributed by atoms with Crippen LogP contribution in [0, 0.1) is 0 Å². The van der Waals surface area contributed by atoms with Gasteiger partial charge in [0.15, 0.2) is 0 Å². The van der Waals surface area contributed by atoms with Gasteiger partial charge in [-0.05, 0) is 25.5 Å². The average Bonchev–Trinajstić information content (AvgIpc) is 2.91. The third-order valence-corrected chi connectivity index (χ3v) is 4.43. The molecule has 0 aliphatic carbocycles. The van der Waals surface area contributed by atoms with E-state index in [-0.39, 0.29) is 17.0 Å². The van der Waals surface area contributed by atoms with E-state index in [0.29, 0.717) is 13.1 Å². The molecule has 1 aliphatic rings. The Bertz CT molecular complexity index is 751. The maximum atomic E-state index is 12.6. The van der Waals surface area contributed by atoms with Crippen LogP contribution in [0.5, 0.6) is 0 Å². The number of amides is 1. The molecule has 1 amide bonds. The smallest absolute Gasteiger partial charge is 0.260 e. The molecule has 0 unspecified atom stereocenters. The molecule has 0 atom stereocenters. The zero-order valence-corrected chi connectivity index (χ0v) is 13.9. The first-order valence-corrected chi connectivity index (χ1v) is 8.38. The van der Waals surface area contributed by atoms with Crippen LogP contribution in [0.3, 0.4) is 0 Å². The van der Waals surface area contributed by atoms with Crippen LogP contribution in [0.4, 0.5) is 0 Å². The van der Waals surface area contributed by atoms with Gasteiger partial charge in [-0.15, -0.1) is 0 Å². The fourth-order valence-corrected chi connectivity index (χ4v) is 3.07. The number of pyridine rings is 1. The van der Waals surface area contributed by atoms with Gasteiger partial charge in [-0.1, -0.05) is 0 Å². The summed E-state index contributed by atoms with van der Waals surface area (Å²) in [7, 11) is 0. The highest BCUT2D eigenvalue weighted by Gasteiger charge is 2.22. The van der Waals surface area contributed by atoms with E-state index in [1.807, 2.05) is 12.4 Å². The van der Waals surface area contributed by atoms with Gasteiger partial charge < -0.3 is 14.5 Å². The van der Waals surface area contributed by atoms with Crippen molar-refractivity contribution in [2.45, 2.75) is 26.4 Å². The van der Waals surface area contributed by atoms with Crippen LogP contribution >= 0.6 is 0 Å². The normalized spacial score (nSPS) is 16.1. The van der Waals surface area contributed by atoms with Crippen LogP contribution < -0.4 is 5.56 Å². The molecule has 24 heavy (non-hydrogen) atoms. The van der Waals surface area contributed by atoms with Crippen molar-refractivity contribution < 1.29 is 4.79 Å². The first kappa shape index (κ1) is 16.4. The van der Waals surface area contributed by atoms with E-state index in [9.17, 15) is 9.59 Å². The number of hydrogen-bond donors (Lipinski definition) is 1. The predicted molar refractivity (Wildman–Crippen MR) is 90.8 cm³/mol. The van der Waals surface area contributed by atoms with Crippen LogP contribution in [-0.4, -0.2) is 56.4 Å². The standard InChI is InChI=1S/C17H23N5O2/c1-2-21-10-7-18-15(21)13-20-8-4-9-22(12-11-20)17(24)14-5-3-6-19-16(14)23/h3,5-7,10H,2,4,8-9,11-13H2,1H3,(H,19,23). The quantitative estimate of drug-likeness (QED) is 0.906. The Morgan fingerprint density at radius 1 is 1.29 bits per heavy atom. The van der Waals surface area contributed by atoms with Gasteiger partial charge in [-0.2, -0.15) is 0 Å². The van der Waals surface area contributed by atoms with E-state index in [0.717, 1.165) is 38.4 Å². The summed E-state index contributed by atoms with van der Waals surface area (Å²) in [5.41, 5.74) is -0.110. The molecule has 2 aromatic rings.